The summed E-state index contributed by atoms with van der Waals surface area (Å²) in [7, 11) is 0. The highest BCUT2D eigenvalue weighted by Gasteiger charge is 2.15. The number of hydrogen-bond donors (Lipinski definition) is 0. The molecule has 5 heterocycles. The molecule has 0 aliphatic heterocycles. The maximum Gasteiger partial charge on any atom is 0.146 e. The normalized spacial score (nSPS) is 12.1. The van der Waals surface area contributed by atoms with Crippen LogP contribution in [-0.4, -0.2) is 23.8 Å². The Morgan fingerprint density at radius 1 is 0.622 bits per heavy atom. The van der Waals surface area contributed by atoms with Crippen molar-refractivity contribution in [1.82, 2.24) is 23.8 Å². The summed E-state index contributed by atoms with van der Waals surface area (Å²) in [5.41, 5.74) is 6.06. The Bertz CT molecular complexity index is 2210. The summed E-state index contributed by atoms with van der Waals surface area (Å²) in [6.45, 7) is 4.19. The summed E-state index contributed by atoms with van der Waals surface area (Å²) in [6.07, 6.45) is 5.57. The summed E-state index contributed by atoms with van der Waals surface area (Å²) in [6, 6.07) is 25.0. The number of ether oxygens (including phenoxy) is 1. The molecule has 0 fully saturated rings. The highest BCUT2D eigenvalue weighted by Crippen LogP contribution is 2.36. The third-order valence-corrected chi connectivity index (χ3v) is 7.42. The van der Waals surface area contributed by atoms with E-state index in [1.807, 2.05) is 41.2 Å². The Labute approximate surface area is 211 Å². The van der Waals surface area contributed by atoms with Crippen molar-refractivity contribution in [3.05, 3.63) is 103 Å². The number of aromatic nitrogens is 5. The fourth-order valence-corrected chi connectivity index (χ4v) is 5.60. The number of imidazole rings is 2. The summed E-state index contributed by atoms with van der Waals surface area (Å²) >= 11 is 0. The first-order valence-corrected chi connectivity index (χ1v) is 12.3. The molecule has 37 heavy (non-hydrogen) atoms. The van der Waals surface area contributed by atoms with Gasteiger partial charge in [0.15, 0.2) is 0 Å². The van der Waals surface area contributed by atoms with Gasteiger partial charge in [-0.05, 0) is 79.2 Å². The molecule has 176 valence electrons. The molecule has 6 nitrogen and oxygen atoms in total. The van der Waals surface area contributed by atoms with Gasteiger partial charge < -0.3 is 4.74 Å². The van der Waals surface area contributed by atoms with Gasteiger partial charge in [0.25, 0.3) is 0 Å². The first-order valence-electron chi connectivity index (χ1n) is 12.3. The quantitative estimate of drug-likeness (QED) is 0.242. The van der Waals surface area contributed by atoms with E-state index < -0.39 is 0 Å². The molecule has 0 saturated carbocycles. The molecule has 3 aromatic carbocycles. The second kappa shape index (κ2) is 7.27. The topological polar surface area (TPSA) is 56.7 Å². The second-order valence-electron chi connectivity index (χ2n) is 9.47. The Kier molecular flexibility index (Phi) is 3.98. The van der Waals surface area contributed by atoms with Crippen LogP contribution in [0.15, 0.2) is 91.4 Å². The van der Waals surface area contributed by atoms with Gasteiger partial charge in [0.05, 0.1) is 11.2 Å². The minimum Gasteiger partial charge on any atom is -0.457 e. The van der Waals surface area contributed by atoms with Gasteiger partial charge in [0.2, 0.25) is 0 Å². The Hall–Kier alpha value is -4.97. The molecule has 0 aliphatic rings. The monoisotopic (exact) mass is 479 g/mol. The lowest BCUT2D eigenvalue weighted by Gasteiger charge is -2.13. The van der Waals surface area contributed by atoms with E-state index in [1.165, 1.54) is 5.39 Å². The van der Waals surface area contributed by atoms with E-state index in [1.54, 1.807) is 0 Å². The summed E-state index contributed by atoms with van der Waals surface area (Å²) < 4.78 is 10.7. The molecular weight excluding hydrogens is 458 g/mol. The summed E-state index contributed by atoms with van der Waals surface area (Å²) in [5, 5.41) is 6.64. The maximum atomic E-state index is 6.44. The van der Waals surface area contributed by atoms with Crippen molar-refractivity contribution < 1.29 is 4.74 Å². The average molecular weight is 480 g/mol. The molecule has 0 aliphatic carbocycles. The largest absolute Gasteiger partial charge is 0.457 e. The number of pyridine rings is 3. The molecule has 0 radical (unpaired) electrons. The van der Waals surface area contributed by atoms with Gasteiger partial charge in [0, 0.05) is 45.8 Å². The Morgan fingerprint density at radius 2 is 1.30 bits per heavy atom. The predicted molar refractivity (Wildman–Crippen MR) is 148 cm³/mol. The lowest BCUT2D eigenvalue weighted by Crippen LogP contribution is -1.94. The van der Waals surface area contributed by atoms with Crippen LogP contribution >= 0.6 is 0 Å². The van der Waals surface area contributed by atoms with E-state index in [4.69, 9.17) is 9.72 Å². The fourth-order valence-electron chi connectivity index (χ4n) is 5.60. The van der Waals surface area contributed by atoms with Gasteiger partial charge in [-0.25, -0.2) is 15.0 Å². The number of para-hydroxylation sites is 1. The lowest BCUT2D eigenvalue weighted by atomic mass is 10.1. The maximum absolute atomic E-state index is 6.44. The molecule has 0 spiro atoms. The molecule has 5 aromatic heterocycles. The molecule has 6 heteroatoms. The van der Waals surface area contributed by atoms with Crippen molar-refractivity contribution in [2.24, 2.45) is 0 Å². The van der Waals surface area contributed by atoms with E-state index >= 15 is 0 Å². The first-order chi connectivity index (χ1) is 18.2. The molecule has 0 unspecified atom stereocenters. The van der Waals surface area contributed by atoms with Crippen molar-refractivity contribution in [3.8, 4) is 11.5 Å². The van der Waals surface area contributed by atoms with Crippen molar-refractivity contribution >= 4 is 54.8 Å². The third kappa shape index (κ3) is 2.78. The zero-order chi connectivity index (χ0) is 24.7. The molecular formula is C31H21N5O. The molecule has 0 bridgehead atoms. The number of nitrogens with zero attached hydrogens (tertiary/aromatic N) is 5. The van der Waals surface area contributed by atoms with E-state index in [0.29, 0.717) is 0 Å². The van der Waals surface area contributed by atoms with Crippen molar-refractivity contribution in [2.75, 3.05) is 0 Å². The van der Waals surface area contributed by atoms with Gasteiger partial charge in [-0.2, -0.15) is 0 Å². The van der Waals surface area contributed by atoms with E-state index in [2.05, 4.69) is 82.8 Å². The van der Waals surface area contributed by atoms with Crippen LogP contribution in [0.5, 0.6) is 11.5 Å². The third-order valence-electron chi connectivity index (χ3n) is 7.42. The van der Waals surface area contributed by atoms with Gasteiger partial charge in [-0.1, -0.05) is 18.2 Å². The van der Waals surface area contributed by atoms with Crippen molar-refractivity contribution in [1.29, 1.82) is 0 Å². The minimum atomic E-state index is 0.757. The Morgan fingerprint density at radius 3 is 2.14 bits per heavy atom. The standard InChI is InChI=1S/C31H21N5O/c1-18-19(2)36-28-8-4-3-6-24(28)22-11-9-21(17-27(22)31(36)34-18)37-20-10-12-23-25-7-5-13-32-29(25)35-15-14-33-30(35)26(23)16-20/h3-17H,1-2H3. The predicted octanol–water partition coefficient (Wildman–Crippen LogP) is 7.40. The number of aryl methyl sites for hydroxylation is 2. The van der Waals surface area contributed by atoms with Gasteiger partial charge in [-0.3, -0.25) is 8.80 Å². The fraction of sp³-hybridized carbons (Fsp3) is 0.0645. The number of rotatable bonds is 2. The van der Waals surface area contributed by atoms with Crippen LogP contribution < -0.4 is 4.74 Å². The molecule has 8 aromatic rings. The number of hydrogen-bond acceptors (Lipinski definition) is 4. The highest BCUT2D eigenvalue weighted by molar-refractivity contribution is 6.13. The number of benzene rings is 3. The Balaban J connectivity index is 1.33. The van der Waals surface area contributed by atoms with Gasteiger partial charge in [0.1, 0.15) is 28.4 Å². The smallest absolute Gasteiger partial charge is 0.146 e. The SMILES string of the molecule is Cc1nc2c3cc(Oc4ccc5c6cccnc6n6ccnc6c5c4)ccc3c3ccccc3n2c1C. The van der Waals surface area contributed by atoms with Crippen LogP contribution in [-0.2, 0) is 0 Å². The van der Waals surface area contributed by atoms with E-state index in [0.717, 1.165) is 72.3 Å². The van der Waals surface area contributed by atoms with Crippen LogP contribution in [0.3, 0.4) is 0 Å². The molecule has 0 amide bonds. The second-order valence-corrected chi connectivity index (χ2v) is 9.47. The van der Waals surface area contributed by atoms with Crippen LogP contribution in [0, 0.1) is 13.8 Å². The van der Waals surface area contributed by atoms with Crippen LogP contribution in [0.2, 0.25) is 0 Å². The lowest BCUT2D eigenvalue weighted by molar-refractivity contribution is 0.484. The van der Waals surface area contributed by atoms with Crippen LogP contribution in [0.4, 0.5) is 0 Å². The summed E-state index contributed by atoms with van der Waals surface area (Å²) in [4.78, 5) is 14.1. The highest BCUT2D eigenvalue weighted by atomic mass is 16.5. The molecule has 0 atom stereocenters. The van der Waals surface area contributed by atoms with Crippen molar-refractivity contribution in [2.45, 2.75) is 13.8 Å². The zero-order valence-electron chi connectivity index (χ0n) is 20.3. The first kappa shape index (κ1) is 20.2. The van der Waals surface area contributed by atoms with E-state index in [9.17, 15) is 0 Å². The average Bonchev–Trinajstić information content (AvgIpc) is 3.54. The molecule has 0 saturated heterocycles. The zero-order valence-corrected chi connectivity index (χ0v) is 20.3. The number of fused-ring (bicyclic) bond motifs is 12. The summed E-state index contributed by atoms with van der Waals surface area (Å²) in [5.74, 6) is 1.52. The van der Waals surface area contributed by atoms with Gasteiger partial charge >= 0.3 is 0 Å². The van der Waals surface area contributed by atoms with Crippen molar-refractivity contribution in [3.63, 3.8) is 0 Å². The molecule has 8 rings (SSSR count). The van der Waals surface area contributed by atoms with E-state index in [-0.39, 0.29) is 0 Å². The van der Waals surface area contributed by atoms with Crippen LogP contribution in [0.25, 0.3) is 54.8 Å². The van der Waals surface area contributed by atoms with Crippen LogP contribution in [0.1, 0.15) is 11.4 Å². The van der Waals surface area contributed by atoms with Gasteiger partial charge in [-0.15, -0.1) is 0 Å². The molecule has 0 N–H and O–H groups in total. The minimum absolute atomic E-state index is 0.757.